The zero-order chi connectivity index (χ0) is 16.2. The number of urea groups is 1. The molecule has 2 aromatic rings. The summed E-state index contributed by atoms with van der Waals surface area (Å²) in [5.41, 5.74) is 1.54. The van der Waals surface area contributed by atoms with E-state index < -0.39 is 0 Å². The molecule has 2 amide bonds. The van der Waals surface area contributed by atoms with Crippen LogP contribution in [-0.2, 0) is 0 Å². The van der Waals surface area contributed by atoms with Gasteiger partial charge in [0.1, 0.15) is 11.2 Å². The number of nitriles is 1. The first kappa shape index (κ1) is 15.4. The van der Waals surface area contributed by atoms with Crippen LogP contribution in [0.3, 0.4) is 0 Å². The van der Waals surface area contributed by atoms with Crippen molar-refractivity contribution in [2.75, 3.05) is 17.6 Å². The SMILES string of the molecule is N#Cc1cccc(NC(=O)N2CCS[C@@H]2c2ccccc2F)c1. The number of anilines is 1. The molecule has 0 aromatic heterocycles. The average molecular weight is 327 g/mol. The van der Waals surface area contributed by atoms with Gasteiger partial charge in [-0.15, -0.1) is 11.8 Å². The van der Waals surface area contributed by atoms with Crippen molar-refractivity contribution in [3.8, 4) is 6.07 Å². The third-order valence-corrected chi connectivity index (χ3v) is 4.81. The molecule has 1 saturated heterocycles. The van der Waals surface area contributed by atoms with Gasteiger partial charge in [-0.2, -0.15) is 5.26 Å². The lowest BCUT2D eigenvalue weighted by atomic mass is 10.2. The van der Waals surface area contributed by atoms with Crippen molar-refractivity contribution in [1.82, 2.24) is 4.90 Å². The molecule has 2 aromatic carbocycles. The van der Waals surface area contributed by atoms with Crippen LogP contribution in [-0.4, -0.2) is 23.2 Å². The molecule has 3 rings (SSSR count). The summed E-state index contributed by atoms with van der Waals surface area (Å²) < 4.78 is 14.0. The van der Waals surface area contributed by atoms with Crippen LogP contribution in [0.25, 0.3) is 0 Å². The highest BCUT2D eigenvalue weighted by Crippen LogP contribution is 2.39. The van der Waals surface area contributed by atoms with E-state index in [0.717, 1.165) is 5.75 Å². The van der Waals surface area contributed by atoms with Gasteiger partial charge in [-0.1, -0.05) is 24.3 Å². The highest BCUT2D eigenvalue weighted by Gasteiger charge is 2.32. The van der Waals surface area contributed by atoms with Gasteiger partial charge in [0.25, 0.3) is 0 Å². The standard InChI is InChI=1S/C17H14FN3OS/c18-15-7-2-1-6-14(15)16-21(8-9-23-16)17(22)20-13-5-3-4-12(10-13)11-19/h1-7,10,16H,8-9H2,(H,20,22)/t16-/m1/s1. The minimum atomic E-state index is -0.338. The van der Waals surface area contributed by atoms with Gasteiger partial charge in [-0.3, -0.25) is 0 Å². The van der Waals surface area contributed by atoms with Crippen molar-refractivity contribution in [1.29, 1.82) is 5.26 Å². The van der Waals surface area contributed by atoms with Crippen LogP contribution in [0.1, 0.15) is 16.5 Å². The number of carbonyl (C=O) groups is 1. The summed E-state index contributed by atoms with van der Waals surface area (Å²) in [7, 11) is 0. The predicted molar refractivity (Wildman–Crippen MR) is 88.5 cm³/mol. The van der Waals surface area contributed by atoms with Crippen molar-refractivity contribution < 1.29 is 9.18 Å². The zero-order valence-electron chi connectivity index (χ0n) is 12.2. The lowest BCUT2D eigenvalue weighted by Crippen LogP contribution is -2.34. The van der Waals surface area contributed by atoms with E-state index in [9.17, 15) is 9.18 Å². The normalized spacial score (nSPS) is 16.9. The van der Waals surface area contributed by atoms with Gasteiger partial charge in [0.05, 0.1) is 11.6 Å². The van der Waals surface area contributed by atoms with Gasteiger partial charge in [-0.05, 0) is 24.3 Å². The van der Waals surface area contributed by atoms with Crippen molar-refractivity contribution in [3.63, 3.8) is 0 Å². The number of nitrogens with one attached hydrogen (secondary N) is 1. The molecule has 0 spiro atoms. The summed E-state index contributed by atoms with van der Waals surface area (Å²) in [5.74, 6) is 0.446. The Bertz CT molecular complexity index is 774. The molecule has 23 heavy (non-hydrogen) atoms. The van der Waals surface area contributed by atoms with Crippen molar-refractivity contribution in [3.05, 3.63) is 65.5 Å². The quantitative estimate of drug-likeness (QED) is 0.908. The molecule has 1 atom stereocenters. The van der Waals surface area contributed by atoms with Crippen LogP contribution in [0.15, 0.2) is 48.5 Å². The molecule has 0 radical (unpaired) electrons. The number of hydrogen-bond donors (Lipinski definition) is 1. The Balaban J connectivity index is 1.78. The van der Waals surface area contributed by atoms with Crippen LogP contribution in [0.5, 0.6) is 0 Å². The molecular formula is C17H14FN3OS. The lowest BCUT2D eigenvalue weighted by Gasteiger charge is -2.24. The Morgan fingerprint density at radius 1 is 1.30 bits per heavy atom. The maximum atomic E-state index is 14.0. The molecule has 0 aliphatic carbocycles. The number of nitrogens with zero attached hydrogens (tertiary/aromatic N) is 2. The van der Waals surface area contributed by atoms with Crippen LogP contribution >= 0.6 is 11.8 Å². The molecule has 1 aliphatic heterocycles. The molecule has 0 unspecified atom stereocenters. The van der Waals surface area contributed by atoms with Crippen LogP contribution in [0.4, 0.5) is 14.9 Å². The molecule has 1 heterocycles. The Labute approximate surface area is 137 Å². The second-order valence-electron chi connectivity index (χ2n) is 5.06. The molecule has 0 bridgehead atoms. The number of hydrogen-bond acceptors (Lipinski definition) is 3. The summed E-state index contributed by atoms with van der Waals surface area (Å²) in [6.45, 7) is 0.549. The fourth-order valence-corrected chi connectivity index (χ4v) is 3.75. The van der Waals surface area contributed by atoms with Crippen LogP contribution in [0.2, 0.25) is 0 Å². The van der Waals surface area contributed by atoms with Gasteiger partial charge in [-0.25, -0.2) is 9.18 Å². The first-order valence-electron chi connectivity index (χ1n) is 7.13. The maximum absolute atomic E-state index is 14.0. The summed E-state index contributed by atoms with van der Waals surface area (Å²) >= 11 is 1.54. The van der Waals surface area contributed by atoms with E-state index in [1.807, 2.05) is 6.07 Å². The monoisotopic (exact) mass is 327 g/mol. The van der Waals surface area contributed by atoms with E-state index in [-0.39, 0.29) is 17.2 Å². The third-order valence-electron chi connectivity index (χ3n) is 3.57. The lowest BCUT2D eigenvalue weighted by molar-refractivity contribution is 0.213. The number of halogens is 1. The number of benzene rings is 2. The second-order valence-corrected chi connectivity index (χ2v) is 6.25. The Kier molecular flexibility index (Phi) is 4.49. The largest absolute Gasteiger partial charge is 0.323 e. The fourth-order valence-electron chi connectivity index (χ4n) is 2.47. The molecule has 1 fully saturated rings. The Morgan fingerprint density at radius 3 is 2.91 bits per heavy atom. The third kappa shape index (κ3) is 3.30. The summed E-state index contributed by atoms with van der Waals surface area (Å²) in [5, 5.41) is 11.4. The van der Waals surface area contributed by atoms with Crippen LogP contribution < -0.4 is 5.32 Å². The van der Waals surface area contributed by atoms with Gasteiger partial charge in [0.15, 0.2) is 0 Å². The number of thioether (sulfide) groups is 1. The highest BCUT2D eigenvalue weighted by molar-refractivity contribution is 7.99. The van der Waals surface area contributed by atoms with Gasteiger partial charge in [0, 0.05) is 23.5 Å². The maximum Gasteiger partial charge on any atom is 0.323 e. The summed E-state index contributed by atoms with van der Waals surface area (Å²) in [6.07, 6.45) is 0. The summed E-state index contributed by atoms with van der Waals surface area (Å²) in [4.78, 5) is 14.1. The molecule has 1 aliphatic rings. The van der Waals surface area contributed by atoms with E-state index in [0.29, 0.717) is 23.4 Å². The van der Waals surface area contributed by atoms with Gasteiger partial charge in [0.2, 0.25) is 0 Å². The minimum Gasteiger partial charge on any atom is -0.308 e. The first-order chi connectivity index (χ1) is 11.2. The Morgan fingerprint density at radius 2 is 2.13 bits per heavy atom. The minimum absolute atomic E-state index is 0.293. The topological polar surface area (TPSA) is 56.1 Å². The van der Waals surface area contributed by atoms with E-state index in [1.54, 1.807) is 47.4 Å². The van der Waals surface area contributed by atoms with Gasteiger partial charge >= 0.3 is 6.03 Å². The average Bonchev–Trinajstić information content (AvgIpc) is 3.05. The molecule has 6 heteroatoms. The second kappa shape index (κ2) is 6.71. The molecule has 1 N–H and O–H groups in total. The first-order valence-corrected chi connectivity index (χ1v) is 8.18. The van der Waals surface area contributed by atoms with E-state index >= 15 is 0 Å². The zero-order valence-corrected chi connectivity index (χ0v) is 13.0. The number of amides is 2. The molecule has 0 saturated carbocycles. The van der Waals surface area contributed by atoms with E-state index in [4.69, 9.17) is 5.26 Å². The highest BCUT2D eigenvalue weighted by atomic mass is 32.2. The molecule has 116 valence electrons. The van der Waals surface area contributed by atoms with E-state index in [2.05, 4.69) is 5.32 Å². The number of carbonyl (C=O) groups excluding carboxylic acids is 1. The van der Waals surface area contributed by atoms with E-state index in [1.165, 1.54) is 17.8 Å². The predicted octanol–water partition coefficient (Wildman–Crippen LogP) is 3.98. The van der Waals surface area contributed by atoms with Gasteiger partial charge < -0.3 is 10.2 Å². The smallest absolute Gasteiger partial charge is 0.308 e. The number of rotatable bonds is 2. The van der Waals surface area contributed by atoms with Crippen molar-refractivity contribution in [2.45, 2.75) is 5.37 Å². The molecule has 4 nitrogen and oxygen atoms in total. The Hall–Kier alpha value is -2.52. The fraction of sp³-hybridized carbons (Fsp3) is 0.176. The molecular weight excluding hydrogens is 313 g/mol. The van der Waals surface area contributed by atoms with Crippen LogP contribution in [0, 0.1) is 17.1 Å². The van der Waals surface area contributed by atoms with Crippen molar-refractivity contribution in [2.24, 2.45) is 0 Å². The van der Waals surface area contributed by atoms with Crippen molar-refractivity contribution >= 4 is 23.5 Å². The summed E-state index contributed by atoms with van der Waals surface area (Å²) in [6, 6.07) is 15.0.